The minimum Gasteiger partial charge on any atom is -0.388 e. The molecule has 0 bridgehead atoms. The van der Waals surface area contributed by atoms with E-state index in [1.807, 2.05) is 17.5 Å². The fourth-order valence-corrected chi connectivity index (χ4v) is 1.74. The molecule has 0 spiro atoms. The van der Waals surface area contributed by atoms with Crippen LogP contribution in [0.25, 0.3) is 0 Å². The third-order valence-corrected chi connectivity index (χ3v) is 2.45. The summed E-state index contributed by atoms with van der Waals surface area (Å²) in [6.45, 7) is 2.07. The average Bonchev–Trinajstić information content (AvgIpc) is 2.39. The lowest BCUT2D eigenvalue weighted by Gasteiger charge is -2.19. The van der Waals surface area contributed by atoms with E-state index in [1.54, 1.807) is 18.3 Å². The van der Waals surface area contributed by atoms with Gasteiger partial charge < -0.3 is 10.8 Å². The normalized spacial score (nSPS) is 16.3. The Morgan fingerprint density at radius 3 is 2.91 bits per heavy atom. The van der Waals surface area contributed by atoms with Gasteiger partial charge in [0.25, 0.3) is 0 Å². The van der Waals surface area contributed by atoms with E-state index in [1.165, 1.54) is 4.88 Å². The van der Waals surface area contributed by atoms with Gasteiger partial charge in [-0.3, -0.25) is 0 Å². The minimum absolute atomic E-state index is 0.310. The lowest BCUT2D eigenvalue weighted by molar-refractivity contribution is 0.0705. The Morgan fingerprint density at radius 2 is 2.45 bits per heavy atom. The van der Waals surface area contributed by atoms with Crippen LogP contribution in [-0.4, -0.2) is 17.3 Å². The van der Waals surface area contributed by atoms with Crippen LogP contribution in [0, 0.1) is 0 Å². The van der Waals surface area contributed by atoms with Gasteiger partial charge >= 0.3 is 0 Å². The molecule has 1 aromatic heterocycles. The highest BCUT2D eigenvalue weighted by atomic mass is 32.1. The first-order chi connectivity index (χ1) is 5.14. The zero-order chi connectivity index (χ0) is 8.32. The molecule has 3 N–H and O–H groups in total. The first-order valence-corrected chi connectivity index (χ1v) is 4.47. The molecule has 0 saturated carbocycles. The van der Waals surface area contributed by atoms with E-state index in [0.717, 1.165) is 0 Å². The first kappa shape index (κ1) is 8.71. The largest absolute Gasteiger partial charge is 0.388 e. The summed E-state index contributed by atoms with van der Waals surface area (Å²) in [7, 11) is 0. The fraction of sp³-hybridized carbons (Fsp3) is 0.500. The molecule has 0 saturated heterocycles. The second-order valence-electron chi connectivity index (χ2n) is 2.96. The van der Waals surface area contributed by atoms with Crippen molar-refractivity contribution in [3.63, 3.8) is 0 Å². The summed E-state index contributed by atoms with van der Waals surface area (Å²) in [6, 6.07) is 3.99. The van der Waals surface area contributed by atoms with Gasteiger partial charge in [0.2, 0.25) is 0 Å². The van der Waals surface area contributed by atoms with Crippen molar-refractivity contribution in [2.24, 2.45) is 5.73 Å². The van der Waals surface area contributed by atoms with E-state index in [0.29, 0.717) is 13.0 Å². The lowest BCUT2D eigenvalue weighted by atomic mass is 10.0. The van der Waals surface area contributed by atoms with E-state index in [9.17, 15) is 5.11 Å². The summed E-state index contributed by atoms with van der Waals surface area (Å²) in [5, 5.41) is 11.6. The van der Waals surface area contributed by atoms with Gasteiger partial charge in [-0.25, -0.2) is 0 Å². The summed E-state index contributed by atoms with van der Waals surface area (Å²) in [6.07, 6.45) is 0.654. The van der Waals surface area contributed by atoms with Crippen molar-refractivity contribution < 1.29 is 5.11 Å². The molecule has 11 heavy (non-hydrogen) atoms. The quantitative estimate of drug-likeness (QED) is 0.712. The molecule has 0 unspecified atom stereocenters. The number of thiophene rings is 1. The van der Waals surface area contributed by atoms with Gasteiger partial charge in [0.05, 0.1) is 5.60 Å². The van der Waals surface area contributed by atoms with Crippen LogP contribution >= 0.6 is 11.3 Å². The van der Waals surface area contributed by atoms with Gasteiger partial charge in [0.1, 0.15) is 0 Å². The summed E-state index contributed by atoms with van der Waals surface area (Å²) < 4.78 is 0. The maximum Gasteiger partial charge on any atom is 0.0789 e. The molecule has 0 aliphatic rings. The highest BCUT2D eigenvalue weighted by Crippen LogP contribution is 2.16. The second kappa shape index (κ2) is 3.34. The number of rotatable bonds is 3. The number of aliphatic hydroxyl groups is 1. The van der Waals surface area contributed by atoms with Crippen LogP contribution in [0.2, 0.25) is 0 Å². The van der Waals surface area contributed by atoms with E-state index >= 15 is 0 Å². The van der Waals surface area contributed by atoms with Crippen molar-refractivity contribution in [3.05, 3.63) is 22.4 Å². The Kier molecular flexibility index (Phi) is 2.65. The summed E-state index contributed by atoms with van der Waals surface area (Å²) in [4.78, 5) is 1.18. The Morgan fingerprint density at radius 1 is 1.73 bits per heavy atom. The third-order valence-electron chi connectivity index (χ3n) is 1.57. The second-order valence-corrected chi connectivity index (χ2v) is 3.99. The molecular formula is C8H13NOS. The fourth-order valence-electron chi connectivity index (χ4n) is 0.861. The number of hydrogen-bond acceptors (Lipinski definition) is 3. The van der Waals surface area contributed by atoms with Crippen LogP contribution in [0.4, 0.5) is 0 Å². The first-order valence-electron chi connectivity index (χ1n) is 3.59. The molecule has 1 rings (SSSR count). The summed E-state index contributed by atoms with van der Waals surface area (Å²) >= 11 is 1.65. The Bertz CT molecular complexity index is 206. The van der Waals surface area contributed by atoms with E-state index < -0.39 is 5.60 Å². The van der Waals surface area contributed by atoms with E-state index in [4.69, 9.17) is 5.73 Å². The van der Waals surface area contributed by atoms with Crippen LogP contribution in [0.1, 0.15) is 11.8 Å². The van der Waals surface area contributed by atoms with Crippen molar-refractivity contribution >= 4 is 11.3 Å². The SMILES string of the molecule is C[C@](O)(CN)Cc1cccs1. The van der Waals surface area contributed by atoms with E-state index in [-0.39, 0.29) is 0 Å². The van der Waals surface area contributed by atoms with Crippen LogP contribution in [0.15, 0.2) is 17.5 Å². The molecule has 3 heteroatoms. The molecule has 0 radical (unpaired) electrons. The van der Waals surface area contributed by atoms with Crippen molar-refractivity contribution in [2.45, 2.75) is 18.9 Å². The molecule has 2 nitrogen and oxygen atoms in total. The van der Waals surface area contributed by atoms with Crippen LogP contribution in [-0.2, 0) is 6.42 Å². The third kappa shape index (κ3) is 2.61. The standard InChI is InChI=1S/C8H13NOS/c1-8(10,6-9)5-7-3-2-4-11-7/h2-4,10H,5-6,9H2,1H3/t8-/m1/s1. The Hall–Kier alpha value is -0.380. The van der Waals surface area contributed by atoms with E-state index in [2.05, 4.69) is 0 Å². The molecule has 0 amide bonds. The highest BCUT2D eigenvalue weighted by molar-refractivity contribution is 7.09. The zero-order valence-corrected chi connectivity index (χ0v) is 7.40. The smallest absolute Gasteiger partial charge is 0.0789 e. The van der Waals surface area contributed by atoms with Gasteiger partial charge in [-0.15, -0.1) is 11.3 Å². The molecule has 0 aliphatic carbocycles. The van der Waals surface area contributed by atoms with Gasteiger partial charge in [0, 0.05) is 17.8 Å². The van der Waals surface area contributed by atoms with Gasteiger partial charge in [-0.2, -0.15) is 0 Å². The molecule has 0 aromatic carbocycles. The van der Waals surface area contributed by atoms with Gasteiger partial charge in [-0.1, -0.05) is 6.07 Å². The molecule has 1 aromatic rings. The van der Waals surface area contributed by atoms with Crippen molar-refractivity contribution in [1.82, 2.24) is 0 Å². The van der Waals surface area contributed by atoms with Gasteiger partial charge in [0.15, 0.2) is 0 Å². The molecule has 0 fully saturated rings. The maximum absolute atomic E-state index is 9.58. The topological polar surface area (TPSA) is 46.2 Å². The zero-order valence-electron chi connectivity index (χ0n) is 6.58. The molecular weight excluding hydrogens is 158 g/mol. The molecule has 62 valence electrons. The van der Waals surface area contributed by atoms with Crippen molar-refractivity contribution in [3.8, 4) is 0 Å². The Balaban J connectivity index is 2.56. The number of nitrogens with two attached hydrogens (primary N) is 1. The van der Waals surface area contributed by atoms with Crippen molar-refractivity contribution in [2.75, 3.05) is 6.54 Å². The maximum atomic E-state index is 9.58. The Labute approximate surface area is 70.7 Å². The predicted molar refractivity (Wildman–Crippen MR) is 47.7 cm³/mol. The van der Waals surface area contributed by atoms with Crippen LogP contribution in [0.5, 0.6) is 0 Å². The van der Waals surface area contributed by atoms with Gasteiger partial charge in [-0.05, 0) is 18.4 Å². The average molecular weight is 171 g/mol. The van der Waals surface area contributed by atoms with Crippen LogP contribution in [0.3, 0.4) is 0 Å². The molecule has 1 heterocycles. The predicted octanol–water partition coefficient (Wildman–Crippen LogP) is 1.00. The lowest BCUT2D eigenvalue weighted by Crippen LogP contribution is -2.36. The number of hydrogen-bond donors (Lipinski definition) is 2. The van der Waals surface area contributed by atoms with Crippen LogP contribution < -0.4 is 5.73 Å². The highest BCUT2D eigenvalue weighted by Gasteiger charge is 2.18. The molecule has 1 atom stereocenters. The summed E-state index contributed by atoms with van der Waals surface area (Å²) in [5.41, 5.74) is 4.63. The molecule has 0 aliphatic heterocycles. The minimum atomic E-state index is -0.745. The monoisotopic (exact) mass is 171 g/mol. The summed E-state index contributed by atoms with van der Waals surface area (Å²) in [5.74, 6) is 0. The van der Waals surface area contributed by atoms with Crippen molar-refractivity contribution in [1.29, 1.82) is 0 Å².